The molecule has 0 radical (unpaired) electrons. The molecule has 4 nitrogen and oxygen atoms in total. The topological polar surface area (TPSA) is 38.8 Å². The smallest absolute Gasteiger partial charge is 0.186 e. The van der Waals surface area contributed by atoms with Crippen molar-refractivity contribution >= 4 is 5.78 Å². The Labute approximate surface area is 127 Å². The average molecular weight is 291 g/mol. The highest BCUT2D eigenvalue weighted by molar-refractivity contribution is 6.05. The Morgan fingerprint density at radius 3 is 2.57 bits per heavy atom. The highest BCUT2D eigenvalue weighted by atomic mass is 16.5. The molecular weight excluding hydrogens is 266 g/mol. The van der Waals surface area contributed by atoms with Crippen molar-refractivity contribution in [3.05, 3.63) is 29.8 Å². The van der Waals surface area contributed by atoms with Crippen LogP contribution >= 0.6 is 0 Å². The Morgan fingerprint density at radius 1 is 1.29 bits per heavy atom. The summed E-state index contributed by atoms with van der Waals surface area (Å²) in [6.07, 6.45) is 0.770. The molecule has 1 aromatic rings. The molecule has 0 saturated carbocycles. The summed E-state index contributed by atoms with van der Waals surface area (Å²) < 4.78 is 11.0. The van der Waals surface area contributed by atoms with Crippen molar-refractivity contribution in [3.8, 4) is 5.75 Å². The number of hydrogen-bond acceptors (Lipinski definition) is 4. The fourth-order valence-corrected chi connectivity index (χ4v) is 2.81. The van der Waals surface area contributed by atoms with Gasteiger partial charge in [-0.2, -0.15) is 0 Å². The minimum absolute atomic E-state index is 0.135. The molecule has 0 amide bonds. The van der Waals surface area contributed by atoms with E-state index in [0.717, 1.165) is 19.5 Å². The van der Waals surface area contributed by atoms with Crippen LogP contribution in [0.4, 0.5) is 0 Å². The number of ketones is 1. The van der Waals surface area contributed by atoms with E-state index in [9.17, 15) is 4.79 Å². The van der Waals surface area contributed by atoms with Gasteiger partial charge in [0.25, 0.3) is 0 Å². The third-order valence-electron chi connectivity index (χ3n) is 4.32. The zero-order valence-corrected chi connectivity index (χ0v) is 13.2. The third-order valence-corrected chi connectivity index (χ3v) is 4.32. The van der Waals surface area contributed by atoms with Gasteiger partial charge in [0.1, 0.15) is 5.75 Å². The second-order valence-electron chi connectivity index (χ2n) is 5.49. The van der Waals surface area contributed by atoms with Crippen LogP contribution in [0.25, 0.3) is 0 Å². The minimum Gasteiger partial charge on any atom is -0.493 e. The summed E-state index contributed by atoms with van der Waals surface area (Å²) in [5.74, 6) is 0.814. The van der Waals surface area contributed by atoms with Crippen molar-refractivity contribution in [2.45, 2.75) is 32.7 Å². The number of hydrogen-bond donors (Lipinski definition) is 0. The van der Waals surface area contributed by atoms with Crippen molar-refractivity contribution in [1.82, 2.24) is 4.90 Å². The third kappa shape index (κ3) is 3.27. The number of rotatable bonds is 6. The van der Waals surface area contributed by atoms with Crippen molar-refractivity contribution in [2.75, 3.05) is 32.9 Å². The molecule has 1 aliphatic heterocycles. The van der Waals surface area contributed by atoms with Crippen LogP contribution in [0, 0.1) is 0 Å². The van der Waals surface area contributed by atoms with Crippen molar-refractivity contribution < 1.29 is 14.3 Å². The van der Waals surface area contributed by atoms with E-state index in [2.05, 4.69) is 11.8 Å². The Balaban J connectivity index is 2.31. The standard InChI is InChI=1S/C17H25NO3/c1-4-17(3,18-10-12-20-13-11-18)16(19)14-8-6-7-9-15(14)21-5-2/h6-9H,4-5,10-13H2,1-3H3. The summed E-state index contributed by atoms with van der Waals surface area (Å²) in [6.45, 7) is 9.57. The molecule has 1 atom stereocenters. The Hall–Kier alpha value is -1.39. The van der Waals surface area contributed by atoms with Gasteiger partial charge in [0.05, 0.1) is 30.9 Å². The van der Waals surface area contributed by atoms with Gasteiger partial charge in [0.2, 0.25) is 0 Å². The van der Waals surface area contributed by atoms with E-state index in [1.807, 2.05) is 38.1 Å². The maximum Gasteiger partial charge on any atom is 0.186 e. The summed E-state index contributed by atoms with van der Waals surface area (Å²) >= 11 is 0. The fourth-order valence-electron chi connectivity index (χ4n) is 2.81. The van der Waals surface area contributed by atoms with E-state index in [-0.39, 0.29) is 5.78 Å². The van der Waals surface area contributed by atoms with E-state index in [4.69, 9.17) is 9.47 Å². The lowest BCUT2D eigenvalue weighted by molar-refractivity contribution is -0.0107. The zero-order valence-electron chi connectivity index (χ0n) is 13.2. The first kappa shape index (κ1) is 16.0. The fraction of sp³-hybridized carbons (Fsp3) is 0.588. The first-order valence-electron chi connectivity index (χ1n) is 7.73. The quantitative estimate of drug-likeness (QED) is 0.756. The first-order chi connectivity index (χ1) is 10.1. The van der Waals surface area contributed by atoms with E-state index in [1.54, 1.807) is 0 Å². The summed E-state index contributed by atoms with van der Waals surface area (Å²) in [6, 6.07) is 7.53. The van der Waals surface area contributed by atoms with Crippen LogP contribution in [0.15, 0.2) is 24.3 Å². The van der Waals surface area contributed by atoms with Crippen LogP contribution in [0.2, 0.25) is 0 Å². The monoisotopic (exact) mass is 291 g/mol. The summed E-state index contributed by atoms with van der Waals surface area (Å²) in [5, 5.41) is 0. The van der Waals surface area contributed by atoms with E-state index >= 15 is 0 Å². The number of Topliss-reactive ketones (excluding diaryl/α,β-unsaturated/α-hetero) is 1. The highest BCUT2D eigenvalue weighted by Crippen LogP contribution is 2.29. The van der Waals surface area contributed by atoms with Gasteiger partial charge < -0.3 is 9.47 Å². The number of carbonyl (C=O) groups is 1. The molecule has 1 heterocycles. The number of nitrogens with zero attached hydrogens (tertiary/aromatic N) is 1. The summed E-state index contributed by atoms with van der Waals surface area (Å²) in [7, 11) is 0. The number of ether oxygens (including phenoxy) is 2. The molecule has 0 bridgehead atoms. The Kier molecular flexibility index (Phi) is 5.37. The number of carbonyl (C=O) groups excluding carboxylic acids is 1. The lowest BCUT2D eigenvalue weighted by atomic mass is 9.86. The number of benzene rings is 1. The SMILES string of the molecule is CCOc1ccccc1C(=O)C(C)(CC)N1CCOCC1. The minimum atomic E-state index is -0.503. The van der Waals surface area contributed by atoms with E-state index in [0.29, 0.717) is 31.1 Å². The predicted molar refractivity (Wildman–Crippen MR) is 83.0 cm³/mol. The largest absolute Gasteiger partial charge is 0.493 e. The normalized spacial score (nSPS) is 19.0. The second-order valence-corrected chi connectivity index (χ2v) is 5.49. The average Bonchev–Trinajstić information content (AvgIpc) is 2.55. The van der Waals surface area contributed by atoms with E-state index in [1.165, 1.54) is 0 Å². The zero-order chi connectivity index (χ0) is 15.3. The summed E-state index contributed by atoms with van der Waals surface area (Å²) in [4.78, 5) is 15.4. The molecule has 0 N–H and O–H groups in total. The molecule has 116 valence electrons. The van der Waals surface area contributed by atoms with Gasteiger partial charge in [-0.1, -0.05) is 19.1 Å². The van der Waals surface area contributed by atoms with Crippen LogP contribution in [-0.2, 0) is 4.74 Å². The van der Waals surface area contributed by atoms with Gasteiger partial charge in [-0.15, -0.1) is 0 Å². The molecule has 1 aliphatic rings. The lowest BCUT2D eigenvalue weighted by Crippen LogP contribution is -2.56. The predicted octanol–water partition coefficient (Wildman–Crippen LogP) is 2.77. The molecule has 0 spiro atoms. The molecular formula is C17H25NO3. The molecule has 1 fully saturated rings. The second kappa shape index (κ2) is 7.05. The molecule has 1 aromatic carbocycles. The van der Waals surface area contributed by atoms with E-state index < -0.39 is 5.54 Å². The van der Waals surface area contributed by atoms with Crippen LogP contribution in [0.3, 0.4) is 0 Å². The molecule has 4 heteroatoms. The lowest BCUT2D eigenvalue weighted by Gasteiger charge is -2.41. The van der Waals surface area contributed by atoms with Crippen LogP contribution in [-0.4, -0.2) is 49.1 Å². The molecule has 0 aliphatic carbocycles. The van der Waals surface area contributed by atoms with Gasteiger partial charge in [0.15, 0.2) is 5.78 Å². The molecule has 21 heavy (non-hydrogen) atoms. The first-order valence-corrected chi connectivity index (χ1v) is 7.73. The van der Waals surface area contributed by atoms with Crippen molar-refractivity contribution in [3.63, 3.8) is 0 Å². The number of para-hydroxylation sites is 1. The van der Waals surface area contributed by atoms with Gasteiger partial charge >= 0.3 is 0 Å². The van der Waals surface area contributed by atoms with Crippen LogP contribution in [0.5, 0.6) is 5.75 Å². The Morgan fingerprint density at radius 2 is 1.95 bits per heavy atom. The van der Waals surface area contributed by atoms with Crippen LogP contribution in [0.1, 0.15) is 37.6 Å². The molecule has 1 saturated heterocycles. The van der Waals surface area contributed by atoms with Crippen LogP contribution < -0.4 is 4.74 Å². The molecule has 1 unspecified atom stereocenters. The maximum absolute atomic E-state index is 13.1. The van der Waals surface area contributed by atoms with Crippen molar-refractivity contribution in [1.29, 1.82) is 0 Å². The number of morpholine rings is 1. The van der Waals surface area contributed by atoms with Gasteiger partial charge in [-0.3, -0.25) is 9.69 Å². The Bertz CT molecular complexity index is 483. The molecule has 0 aromatic heterocycles. The van der Waals surface area contributed by atoms with Gasteiger partial charge in [-0.25, -0.2) is 0 Å². The van der Waals surface area contributed by atoms with Gasteiger partial charge in [-0.05, 0) is 32.4 Å². The van der Waals surface area contributed by atoms with Crippen molar-refractivity contribution in [2.24, 2.45) is 0 Å². The maximum atomic E-state index is 13.1. The van der Waals surface area contributed by atoms with Gasteiger partial charge in [0, 0.05) is 13.1 Å². The summed E-state index contributed by atoms with van der Waals surface area (Å²) in [5.41, 5.74) is 0.173. The highest BCUT2D eigenvalue weighted by Gasteiger charge is 2.39. The molecule has 2 rings (SSSR count).